The van der Waals surface area contributed by atoms with Gasteiger partial charge in [0.2, 0.25) is 0 Å². The lowest BCUT2D eigenvalue weighted by atomic mass is 9.72. The van der Waals surface area contributed by atoms with Gasteiger partial charge in [0.1, 0.15) is 16.5 Å². The largest absolute Gasteiger partial charge is 0.457 e. The third-order valence-corrected chi connectivity index (χ3v) is 8.31. The zero-order valence-corrected chi connectivity index (χ0v) is 20.0. The number of hydrogen-bond donors (Lipinski definition) is 2. The van der Waals surface area contributed by atoms with Crippen LogP contribution < -0.4 is 10.6 Å². The second-order valence-electron chi connectivity index (χ2n) is 9.40. The van der Waals surface area contributed by atoms with Gasteiger partial charge in [0.05, 0.1) is 15.6 Å². The molecular weight excluding hydrogens is 451 g/mol. The van der Waals surface area contributed by atoms with E-state index in [-0.39, 0.29) is 11.3 Å². The van der Waals surface area contributed by atoms with Gasteiger partial charge in [0, 0.05) is 10.4 Å². The zero-order chi connectivity index (χ0) is 21.9. The molecule has 5 rings (SSSR count). The predicted octanol–water partition coefficient (Wildman–Crippen LogP) is 7.32. The van der Waals surface area contributed by atoms with Crippen LogP contribution in [0.3, 0.4) is 0 Å². The van der Waals surface area contributed by atoms with Crippen molar-refractivity contribution in [2.75, 3.05) is 5.32 Å². The van der Waals surface area contributed by atoms with Crippen molar-refractivity contribution in [2.45, 2.75) is 46.2 Å². The van der Waals surface area contributed by atoms with Gasteiger partial charge in [-0.05, 0) is 66.5 Å². The third kappa shape index (κ3) is 3.77. The summed E-state index contributed by atoms with van der Waals surface area (Å²) < 4.78 is 6.06. The molecule has 0 saturated carbocycles. The molecule has 7 heteroatoms. The number of fused-ring (bicyclic) bond motifs is 3. The molecule has 0 radical (unpaired) electrons. The quantitative estimate of drug-likeness (QED) is 0.408. The Bertz CT molecular complexity index is 1170. The second-order valence-corrected chi connectivity index (χ2v) is 11.3. The minimum Gasteiger partial charge on any atom is -0.457 e. The van der Waals surface area contributed by atoms with Crippen LogP contribution in [0, 0.1) is 11.3 Å². The summed E-state index contributed by atoms with van der Waals surface area (Å²) in [6.07, 6.45) is 2.72. The Kier molecular flexibility index (Phi) is 5.11. The predicted molar refractivity (Wildman–Crippen MR) is 127 cm³/mol. The summed E-state index contributed by atoms with van der Waals surface area (Å²) in [4.78, 5) is 14.4. The summed E-state index contributed by atoms with van der Waals surface area (Å²) >= 11 is 13.9. The van der Waals surface area contributed by atoms with E-state index >= 15 is 0 Å². The average molecular weight is 475 g/mol. The van der Waals surface area contributed by atoms with Crippen LogP contribution in [0.5, 0.6) is 0 Å². The molecule has 2 aromatic heterocycles. The Labute approximate surface area is 195 Å². The molecule has 1 aliphatic heterocycles. The molecule has 4 nitrogen and oxygen atoms in total. The topological polar surface area (TPSA) is 54.3 Å². The van der Waals surface area contributed by atoms with Gasteiger partial charge >= 0.3 is 0 Å². The normalized spacial score (nSPS) is 20.6. The highest BCUT2D eigenvalue weighted by Crippen LogP contribution is 2.46. The van der Waals surface area contributed by atoms with Crippen molar-refractivity contribution in [2.24, 2.45) is 11.3 Å². The molecule has 3 heterocycles. The molecule has 2 aliphatic rings. The minimum atomic E-state index is -0.407. The molecule has 2 atom stereocenters. The molecule has 1 aliphatic carbocycles. The van der Waals surface area contributed by atoms with Crippen molar-refractivity contribution in [1.29, 1.82) is 0 Å². The minimum absolute atomic E-state index is 0.0297. The van der Waals surface area contributed by atoms with Crippen LogP contribution in [-0.2, 0) is 12.8 Å². The van der Waals surface area contributed by atoms with Gasteiger partial charge in [-0.15, -0.1) is 11.3 Å². The molecule has 1 amide bonds. The van der Waals surface area contributed by atoms with Crippen LogP contribution >= 0.6 is 34.5 Å². The second kappa shape index (κ2) is 7.58. The third-order valence-electron chi connectivity index (χ3n) is 6.38. The molecule has 2 N–H and O–H groups in total. The van der Waals surface area contributed by atoms with Gasteiger partial charge in [0.25, 0.3) is 5.91 Å². The van der Waals surface area contributed by atoms with Crippen molar-refractivity contribution in [3.8, 4) is 11.3 Å². The van der Waals surface area contributed by atoms with E-state index in [9.17, 15) is 4.79 Å². The van der Waals surface area contributed by atoms with Crippen molar-refractivity contribution < 1.29 is 9.21 Å². The monoisotopic (exact) mass is 474 g/mol. The van der Waals surface area contributed by atoms with E-state index in [0.29, 0.717) is 27.5 Å². The van der Waals surface area contributed by atoms with E-state index in [4.69, 9.17) is 27.6 Å². The fourth-order valence-corrected chi connectivity index (χ4v) is 6.14. The fraction of sp³-hybridized carbons (Fsp3) is 0.375. The lowest BCUT2D eigenvalue weighted by Gasteiger charge is -2.34. The number of amides is 1. The standard InChI is InChI=1S/C24H24Cl2N2O2S/c1-24(2,3)13-5-6-14-19(11-13)31-23-20(14)22(29)27-21(28-23)18-9-8-17(30-18)12-4-7-15(25)16(26)10-12/h4,7-10,13,21,28H,5-6,11H2,1-3H3,(H,27,29)/t13-,21+/m0/s1. The number of carbonyl (C=O) groups is 1. The van der Waals surface area contributed by atoms with Crippen LogP contribution in [-0.4, -0.2) is 5.91 Å². The summed E-state index contributed by atoms with van der Waals surface area (Å²) in [5, 5.41) is 8.47. The number of nitrogens with one attached hydrogen (secondary N) is 2. The van der Waals surface area contributed by atoms with Gasteiger partial charge < -0.3 is 15.1 Å². The van der Waals surface area contributed by atoms with E-state index in [1.807, 2.05) is 18.2 Å². The summed E-state index contributed by atoms with van der Waals surface area (Å²) in [6, 6.07) is 9.14. The Hall–Kier alpha value is -1.95. The SMILES string of the molecule is CC(C)(C)[C@H]1CCc2c(sc3c2C(=O)N[C@@H](c2ccc(-c4ccc(Cl)c(Cl)c4)o2)N3)C1. The van der Waals surface area contributed by atoms with Crippen LogP contribution in [0.1, 0.15) is 59.9 Å². The van der Waals surface area contributed by atoms with Crippen molar-refractivity contribution in [3.05, 3.63) is 62.1 Å². The van der Waals surface area contributed by atoms with E-state index < -0.39 is 6.17 Å². The molecule has 31 heavy (non-hydrogen) atoms. The van der Waals surface area contributed by atoms with E-state index in [1.54, 1.807) is 23.5 Å². The highest BCUT2D eigenvalue weighted by Gasteiger charge is 2.37. The van der Waals surface area contributed by atoms with Crippen molar-refractivity contribution in [1.82, 2.24) is 5.32 Å². The fourth-order valence-electron chi connectivity index (χ4n) is 4.49. The maximum atomic E-state index is 13.0. The van der Waals surface area contributed by atoms with Gasteiger partial charge in [0.15, 0.2) is 6.17 Å². The van der Waals surface area contributed by atoms with E-state index in [1.165, 1.54) is 10.4 Å². The number of benzene rings is 1. The Morgan fingerprint density at radius 2 is 1.90 bits per heavy atom. The first-order valence-corrected chi connectivity index (χ1v) is 12.0. The van der Waals surface area contributed by atoms with Crippen molar-refractivity contribution in [3.63, 3.8) is 0 Å². The lowest BCUT2D eigenvalue weighted by Crippen LogP contribution is -2.38. The molecule has 162 valence electrons. The Morgan fingerprint density at radius 1 is 1.10 bits per heavy atom. The smallest absolute Gasteiger partial charge is 0.256 e. The summed E-state index contributed by atoms with van der Waals surface area (Å²) in [7, 11) is 0. The number of rotatable bonds is 2. The number of furan rings is 1. The highest BCUT2D eigenvalue weighted by atomic mass is 35.5. The highest BCUT2D eigenvalue weighted by molar-refractivity contribution is 7.16. The number of anilines is 1. The van der Waals surface area contributed by atoms with Gasteiger partial charge in [-0.25, -0.2) is 0 Å². The van der Waals surface area contributed by atoms with Crippen molar-refractivity contribution >= 4 is 45.4 Å². The molecule has 0 unspecified atom stereocenters. The van der Waals surface area contributed by atoms with Crippen LogP contribution in [0.2, 0.25) is 10.0 Å². The number of thiophene rings is 1. The summed E-state index contributed by atoms with van der Waals surface area (Å²) in [5.41, 5.74) is 3.15. The van der Waals surface area contributed by atoms with Gasteiger partial charge in [-0.3, -0.25) is 4.79 Å². The van der Waals surface area contributed by atoms with E-state index in [0.717, 1.165) is 35.4 Å². The van der Waals surface area contributed by atoms with Crippen LogP contribution in [0.25, 0.3) is 11.3 Å². The maximum Gasteiger partial charge on any atom is 0.256 e. The number of carbonyl (C=O) groups excluding carboxylic acids is 1. The van der Waals surface area contributed by atoms with E-state index in [2.05, 4.69) is 31.4 Å². The first-order valence-electron chi connectivity index (χ1n) is 10.5. The lowest BCUT2D eigenvalue weighted by molar-refractivity contribution is 0.0930. The molecule has 0 spiro atoms. The van der Waals surface area contributed by atoms with Gasteiger partial charge in [-0.1, -0.05) is 44.0 Å². The first kappa shape index (κ1) is 20.9. The first-order chi connectivity index (χ1) is 14.7. The molecule has 3 aromatic rings. The zero-order valence-electron chi connectivity index (χ0n) is 17.6. The van der Waals surface area contributed by atoms with Crippen LogP contribution in [0.15, 0.2) is 34.7 Å². The Morgan fingerprint density at radius 3 is 2.65 bits per heavy atom. The molecular formula is C24H24Cl2N2O2S. The summed E-state index contributed by atoms with van der Waals surface area (Å²) in [6.45, 7) is 6.92. The molecule has 0 bridgehead atoms. The molecule has 0 saturated heterocycles. The molecule has 1 aromatic carbocycles. The van der Waals surface area contributed by atoms with Crippen LogP contribution in [0.4, 0.5) is 5.00 Å². The maximum absolute atomic E-state index is 13.0. The molecule has 0 fully saturated rings. The van der Waals surface area contributed by atoms with Gasteiger partial charge in [-0.2, -0.15) is 0 Å². The summed E-state index contributed by atoms with van der Waals surface area (Å²) in [5.74, 6) is 1.93. The Balaban J connectivity index is 1.41. The number of hydrogen-bond acceptors (Lipinski definition) is 4. The number of halogens is 2. The average Bonchev–Trinajstić information content (AvgIpc) is 3.33.